The third-order valence-corrected chi connectivity index (χ3v) is 6.03. The third-order valence-electron chi connectivity index (χ3n) is 5.66. The van der Waals surface area contributed by atoms with E-state index in [2.05, 4.69) is 0 Å². The third kappa shape index (κ3) is 7.40. The molecule has 2 aromatic carbocycles. The van der Waals surface area contributed by atoms with Gasteiger partial charge in [0.1, 0.15) is 18.8 Å². The van der Waals surface area contributed by atoms with Crippen molar-refractivity contribution in [2.75, 3.05) is 6.61 Å². The molecule has 37 heavy (non-hydrogen) atoms. The van der Waals surface area contributed by atoms with Gasteiger partial charge in [-0.1, -0.05) is 29.8 Å². The zero-order valence-corrected chi connectivity index (χ0v) is 21.1. The Morgan fingerprint density at radius 3 is 2.41 bits per heavy atom. The second-order valence-electron chi connectivity index (χ2n) is 8.53. The lowest BCUT2D eigenvalue weighted by atomic mass is 9.92. The molecule has 0 spiro atoms. The fraction of sp³-hybridized carbons (Fsp3) is 0.400. The molecule has 0 saturated carbocycles. The molecule has 1 fully saturated rings. The quantitative estimate of drug-likeness (QED) is 0.228. The lowest BCUT2D eigenvalue weighted by molar-refractivity contribution is -0.385. The molecule has 0 amide bonds. The van der Waals surface area contributed by atoms with Crippen LogP contribution in [0.2, 0.25) is 5.02 Å². The number of ether oxygens (including phenoxy) is 4. The number of phenolic OH excluding ortho intramolecular Hbond substituents is 1. The van der Waals surface area contributed by atoms with Gasteiger partial charge in [-0.25, -0.2) is 0 Å². The van der Waals surface area contributed by atoms with Crippen molar-refractivity contribution >= 4 is 35.2 Å². The van der Waals surface area contributed by atoms with Crippen LogP contribution in [0.5, 0.6) is 5.75 Å². The first-order valence-electron chi connectivity index (χ1n) is 11.3. The number of nitrogens with zero attached hydrogens (tertiary/aromatic N) is 1. The largest absolute Gasteiger partial charge is 0.502 e. The molecular weight excluding hydrogens is 510 g/mol. The van der Waals surface area contributed by atoms with Crippen LogP contribution >= 0.6 is 11.6 Å². The molecule has 0 aliphatic carbocycles. The van der Waals surface area contributed by atoms with Gasteiger partial charge < -0.3 is 24.1 Å². The van der Waals surface area contributed by atoms with Crippen molar-refractivity contribution in [2.24, 2.45) is 0 Å². The van der Waals surface area contributed by atoms with Gasteiger partial charge in [-0.05, 0) is 35.2 Å². The normalized spacial score (nSPS) is 21.1. The number of hydrogen-bond donors (Lipinski definition) is 1. The Kier molecular flexibility index (Phi) is 9.06. The molecule has 2 aromatic rings. The minimum absolute atomic E-state index is 0.139. The number of benzene rings is 2. The minimum Gasteiger partial charge on any atom is -0.502 e. The van der Waals surface area contributed by atoms with Gasteiger partial charge in [-0.15, -0.1) is 0 Å². The number of nitro groups is 1. The molecule has 1 heterocycles. The van der Waals surface area contributed by atoms with Crippen molar-refractivity contribution < 1.29 is 43.4 Å². The summed E-state index contributed by atoms with van der Waals surface area (Å²) in [5.74, 6) is -2.21. The Labute approximate surface area is 217 Å². The van der Waals surface area contributed by atoms with Crippen LogP contribution in [0.4, 0.5) is 5.69 Å². The summed E-state index contributed by atoms with van der Waals surface area (Å²) in [6, 6.07) is 9.18. The van der Waals surface area contributed by atoms with Crippen LogP contribution in [0.15, 0.2) is 36.4 Å². The number of nitro benzene ring substituents is 1. The van der Waals surface area contributed by atoms with E-state index in [4.69, 9.17) is 30.5 Å². The van der Waals surface area contributed by atoms with E-state index in [1.165, 1.54) is 32.9 Å². The van der Waals surface area contributed by atoms with E-state index in [9.17, 15) is 29.6 Å². The van der Waals surface area contributed by atoms with Crippen LogP contribution in [0.25, 0.3) is 0 Å². The van der Waals surface area contributed by atoms with Crippen LogP contribution in [0.3, 0.4) is 0 Å². The summed E-state index contributed by atoms with van der Waals surface area (Å²) in [6.07, 6.45) is -3.08. The van der Waals surface area contributed by atoms with Gasteiger partial charge in [-0.3, -0.25) is 24.5 Å². The lowest BCUT2D eigenvalue weighted by Gasteiger charge is -2.40. The molecule has 0 aromatic heterocycles. The SMILES string of the molecule is CC(=O)OCC1OC(c2ccc(Cl)c(Cc3ccc(O)c([N+](=O)[O-])c3)c2)CC(OC(C)=O)[C@@H]1OC(C)=O. The standard InChI is InChI=1S/C25H26ClNO10/c1-13(28)34-12-24-25(36-15(3)30)23(35-14(2)29)11-22(37-24)17-5-6-19(26)18(10-17)8-16-4-7-21(31)20(9-16)27(32)33/h4-7,9-10,22-25,31H,8,11-12H2,1-3H3/t22?,23?,24?,25-/m0/s1. The Bertz CT molecular complexity index is 1200. The Morgan fingerprint density at radius 2 is 1.78 bits per heavy atom. The molecule has 1 saturated heterocycles. The van der Waals surface area contributed by atoms with Crippen molar-refractivity contribution in [2.45, 2.75) is 58.0 Å². The van der Waals surface area contributed by atoms with E-state index in [-0.39, 0.29) is 19.4 Å². The molecule has 4 atom stereocenters. The van der Waals surface area contributed by atoms with E-state index in [1.54, 1.807) is 24.3 Å². The maximum atomic E-state index is 11.8. The van der Waals surface area contributed by atoms with E-state index in [0.29, 0.717) is 21.7 Å². The number of hydrogen-bond acceptors (Lipinski definition) is 10. The van der Waals surface area contributed by atoms with E-state index in [0.717, 1.165) is 0 Å². The van der Waals surface area contributed by atoms with Gasteiger partial charge in [-0.2, -0.15) is 0 Å². The minimum atomic E-state index is -0.999. The maximum absolute atomic E-state index is 11.8. The number of halogens is 1. The number of rotatable bonds is 8. The molecule has 1 aliphatic heterocycles. The first-order valence-corrected chi connectivity index (χ1v) is 11.7. The first kappa shape index (κ1) is 27.9. The van der Waals surface area contributed by atoms with E-state index >= 15 is 0 Å². The van der Waals surface area contributed by atoms with Crippen LogP contribution in [0, 0.1) is 10.1 Å². The summed E-state index contributed by atoms with van der Waals surface area (Å²) in [4.78, 5) is 45.4. The Morgan fingerprint density at radius 1 is 1.08 bits per heavy atom. The van der Waals surface area contributed by atoms with Crippen molar-refractivity contribution in [3.05, 3.63) is 68.2 Å². The highest BCUT2D eigenvalue weighted by atomic mass is 35.5. The smallest absolute Gasteiger partial charge is 0.310 e. The summed E-state index contributed by atoms with van der Waals surface area (Å²) in [6.45, 7) is 3.43. The molecule has 11 nitrogen and oxygen atoms in total. The van der Waals surface area contributed by atoms with Gasteiger partial charge in [0.15, 0.2) is 11.9 Å². The molecular formula is C25H26ClNO10. The molecule has 3 rings (SSSR count). The van der Waals surface area contributed by atoms with Crippen molar-refractivity contribution in [1.82, 2.24) is 0 Å². The van der Waals surface area contributed by atoms with Gasteiger partial charge >= 0.3 is 23.6 Å². The Balaban J connectivity index is 1.92. The van der Waals surface area contributed by atoms with Gasteiger partial charge in [0.25, 0.3) is 0 Å². The first-order chi connectivity index (χ1) is 17.4. The fourth-order valence-corrected chi connectivity index (χ4v) is 4.31. The van der Waals surface area contributed by atoms with Gasteiger partial charge in [0.2, 0.25) is 0 Å². The summed E-state index contributed by atoms with van der Waals surface area (Å²) in [5.41, 5.74) is 1.41. The average molecular weight is 536 g/mol. The highest BCUT2D eigenvalue weighted by Crippen LogP contribution is 2.37. The number of aromatic hydroxyl groups is 1. The molecule has 0 radical (unpaired) electrons. The van der Waals surface area contributed by atoms with Crippen molar-refractivity contribution in [1.29, 1.82) is 0 Å². The molecule has 3 unspecified atom stereocenters. The topological polar surface area (TPSA) is 152 Å². The monoisotopic (exact) mass is 535 g/mol. The maximum Gasteiger partial charge on any atom is 0.310 e. The second-order valence-corrected chi connectivity index (χ2v) is 8.94. The summed E-state index contributed by atoms with van der Waals surface area (Å²) in [5, 5.41) is 21.3. The number of carbonyl (C=O) groups is 3. The number of carbonyl (C=O) groups excluding carboxylic acids is 3. The van der Waals surface area contributed by atoms with Crippen molar-refractivity contribution in [3.63, 3.8) is 0 Å². The summed E-state index contributed by atoms with van der Waals surface area (Å²) in [7, 11) is 0. The highest BCUT2D eigenvalue weighted by molar-refractivity contribution is 6.31. The molecule has 1 N–H and O–H groups in total. The van der Waals surface area contributed by atoms with Gasteiger partial charge in [0.05, 0.1) is 11.0 Å². The predicted molar refractivity (Wildman–Crippen MR) is 129 cm³/mol. The molecule has 12 heteroatoms. The fourth-order valence-electron chi connectivity index (χ4n) is 4.12. The number of phenols is 1. The van der Waals surface area contributed by atoms with E-state index in [1.807, 2.05) is 0 Å². The zero-order valence-electron chi connectivity index (χ0n) is 20.3. The zero-order chi connectivity index (χ0) is 27.3. The van der Waals surface area contributed by atoms with Crippen LogP contribution in [-0.2, 0) is 39.8 Å². The van der Waals surface area contributed by atoms with Crippen LogP contribution < -0.4 is 0 Å². The molecule has 198 valence electrons. The Hall–Kier alpha value is -3.70. The predicted octanol–water partition coefficient (Wildman–Crippen LogP) is 3.80. The van der Waals surface area contributed by atoms with E-state index < -0.39 is 58.7 Å². The second kappa shape index (κ2) is 12.0. The van der Waals surface area contributed by atoms with Crippen LogP contribution in [-0.4, -0.2) is 52.9 Å². The average Bonchev–Trinajstić information content (AvgIpc) is 2.80. The number of esters is 3. The summed E-state index contributed by atoms with van der Waals surface area (Å²) >= 11 is 6.40. The molecule has 1 aliphatic rings. The molecule has 0 bridgehead atoms. The highest BCUT2D eigenvalue weighted by Gasteiger charge is 2.44. The lowest BCUT2D eigenvalue weighted by Crippen LogP contribution is -2.51. The van der Waals surface area contributed by atoms with Gasteiger partial charge in [0, 0.05) is 38.3 Å². The summed E-state index contributed by atoms with van der Waals surface area (Å²) < 4.78 is 22.1. The van der Waals surface area contributed by atoms with Crippen molar-refractivity contribution in [3.8, 4) is 5.75 Å². The van der Waals surface area contributed by atoms with Crippen LogP contribution in [0.1, 0.15) is 50.0 Å².